The van der Waals surface area contributed by atoms with Gasteiger partial charge in [-0.15, -0.1) is 0 Å². The van der Waals surface area contributed by atoms with Crippen LogP contribution in [0.3, 0.4) is 0 Å². The van der Waals surface area contributed by atoms with Gasteiger partial charge in [-0.1, -0.05) is 0 Å². The Bertz CT molecular complexity index is 272. The lowest BCUT2D eigenvalue weighted by molar-refractivity contribution is 0.844. The molecule has 0 radical (unpaired) electrons. The standard InChI is InChI=1S/C6H8N5/c1-5-8-2-6(3-9-5)4-10-11-7/h2-3,7H,4H2,1H3/q+1. The molecule has 0 fully saturated rings. The van der Waals surface area contributed by atoms with E-state index in [0.717, 1.165) is 11.4 Å². The van der Waals surface area contributed by atoms with Crippen LogP contribution in [0, 0.1) is 12.5 Å². The lowest BCUT2D eigenvalue weighted by atomic mass is 10.3. The summed E-state index contributed by atoms with van der Waals surface area (Å²) in [6.45, 7) is 2.19. The van der Waals surface area contributed by atoms with Gasteiger partial charge in [0.15, 0.2) is 6.54 Å². The lowest BCUT2D eigenvalue weighted by Gasteiger charge is -1.90. The fraction of sp³-hybridized carbons (Fsp3) is 0.333. The van der Waals surface area contributed by atoms with E-state index in [0.29, 0.717) is 6.54 Å². The van der Waals surface area contributed by atoms with Crippen LogP contribution in [0.5, 0.6) is 0 Å². The van der Waals surface area contributed by atoms with Crippen LogP contribution in [0.15, 0.2) is 17.5 Å². The first kappa shape index (κ1) is 7.50. The Morgan fingerprint density at radius 3 is 2.73 bits per heavy atom. The van der Waals surface area contributed by atoms with Crippen LogP contribution in [-0.4, -0.2) is 9.97 Å². The zero-order chi connectivity index (χ0) is 8.10. The van der Waals surface area contributed by atoms with Crippen molar-refractivity contribution in [2.24, 2.45) is 5.11 Å². The van der Waals surface area contributed by atoms with Crippen LogP contribution in [0.25, 0.3) is 0 Å². The van der Waals surface area contributed by atoms with Gasteiger partial charge in [-0.2, -0.15) is 0 Å². The Kier molecular flexibility index (Phi) is 2.41. The van der Waals surface area contributed by atoms with Gasteiger partial charge in [0.25, 0.3) is 0 Å². The molecule has 0 atom stereocenters. The Morgan fingerprint density at radius 1 is 1.55 bits per heavy atom. The molecule has 0 spiro atoms. The third-order valence-electron chi connectivity index (χ3n) is 1.16. The van der Waals surface area contributed by atoms with Crippen molar-refractivity contribution in [1.29, 1.82) is 5.53 Å². The van der Waals surface area contributed by atoms with Gasteiger partial charge >= 0.3 is 0 Å². The van der Waals surface area contributed by atoms with Crippen molar-refractivity contribution in [3.8, 4) is 0 Å². The number of nitrogens with one attached hydrogen (secondary N) is 1. The van der Waals surface area contributed by atoms with E-state index in [1.54, 1.807) is 12.4 Å². The van der Waals surface area contributed by atoms with Gasteiger partial charge in [-0.3, -0.25) is 0 Å². The smallest absolute Gasteiger partial charge is 0.214 e. The highest BCUT2D eigenvalue weighted by atomic mass is 15.1. The minimum absolute atomic E-state index is 0.379. The summed E-state index contributed by atoms with van der Waals surface area (Å²) in [5, 5.41) is 3.48. The minimum Gasteiger partial charge on any atom is -0.241 e. The molecule has 0 saturated heterocycles. The molecule has 56 valence electrons. The van der Waals surface area contributed by atoms with E-state index >= 15 is 0 Å². The molecule has 0 aliphatic carbocycles. The second-order valence-corrected chi connectivity index (χ2v) is 2.04. The summed E-state index contributed by atoms with van der Waals surface area (Å²) in [7, 11) is 0. The van der Waals surface area contributed by atoms with E-state index in [1.165, 1.54) is 0 Å². The Hall–Kier alpha value is -1.61. The highest BCUT2D eigenvalue weighted by Gasteiger charge is 1.94. The molecule has 0 aromatic carbocycles. The van der Waals surface area contributed by atoms with Crippen LogP contribution in [0.4, 0.5) is 0 Å². The SMILES string of the molecule is Cc1ncc(CN=[N+]=N)cn1. The number of nitrogens with zero attached hydrogens (tertiary/aromatic N) is 4. The summed E-state index contributed by atoms with van der Waals surface area (Å²) in [4.78, 5) is 10.8. The average Bonchev–Trinajstić information content (AvgIpc) is 2.04. The molecule has 1 aromatic heterocycles. The second kappa shape index (κ2) is 3.53. The number of hydrogen-bond acceptors (Lipinski definition) is 4. The van der Waals surface area contributed by atoms with Crippen molar-refractivity contribution in [2.75, 3.05) is 0 Å². The van der Waals surface area contributed by atoms with E-state index in [1.807, 2.05) is 6.92 Å². The van der Waals surface area contributed by atoms with Crippen LogP contribution >= 0.6 is 0 Å². The summed E-state index contributed by atoms with van der Waals surface area (Å²) < 4.78 is 0. The van der Waals surface area contributed by atoms with Gasteiger partial charge in [0, 0.05) is 18.0 Å². The normalized spacial score (nSPS) is 8.82. The molecular weight excluding hydrogens is 142 g/mol. The van der Waals surface area contributed by atoms with Crippen molar-refractivity contribution < 1.29 is 0 Å². The maximum atomic E-state index is 6.41. The van der Waals surface area contributed by atoms with Crippen molar-refractivity contribution in [1.82, 2.24) is 14.9 Å². The third-order valence-corrected chi connectivity index (χ3v) is 1.16. The van der Waals surface area contributed by atoms with E-state index in [2.05, 4.69) is 20.0 Å². The van der Waals surface area contributed by atoms with Crippen LogP contribution < -0.4 is 4.91 Å². The van der Waals surface area contributed by atoms with Gasteiger partial charge in [0.05, 0.1) is 0 Å². The molecule has 0 aliphatic rings. The Morgan fingerprint density at radius 2 is 2.18 bits per heavy atom. The summed E-state index contributed by atoms with van der Waals surface area (Å²) >= 11 is 0. The van der Waals surface area contributed by atoms with Crippen molar-refractivity contribution >= 4 is 0 Å². The Labute approximate surface area is 63.7 Å². The first-order chi connectivity index (χ1) is 5.33. The maximum Gasteiger partial charge on any atom is 0.214 e. The van der Waals surface area contributed by atoms with Crippen molar-refractivity contribution in [3.05, 3.63) is 23.8 Å². The predicted octanol–water partition coefficient (Wildman–Crippen LogP) is 0.835. The minimum atomic E-state index is 0.379. The molecular formula is C6H8N5+. The van der Waals surface area contributed by atoms with Gasteiger partial charge in [-0.25, -0.2) is 9.97 Å². The number of aryl methyl sites for hydroxylation is 1. The predicted molar refractivity (Wildman–Crippen MR) is 37.8 cm³/mol. The Balaban J connectivity index is 2.73. The monoisotopic (exact) mass is 150 g/mol. The fourth-order valence-corrected chi connectivity index (χ4v) is 0.618. The van der Waals surface area contributed by atoms with Gasteiger partial charge < -0.3 is 0 Å². The molecule has 5 heteroatoms. The van der Waals surface area contributed by atoms with E-state index in [4.69, 9.17) is 5.53 Å². The van der Waals surface area contributed by atoms with Crippen LogP contribution in [0.1, 0.15) is 11.4 Å². The highest BCUT2D eigenvalue weighted by molar-refractivity contribution is 5.03. The number of hydrogen-bond donors (Lipinski definition) is 1. The molecule has 0 saturated carbocycles. The van der Waals surface area contributed by atoms with Gasteiger partial charge in [-0.05, 0) is 6.92 Å². The first-order valence-electron chi connectivity index (χ1n) is 3.13. The zero-order valence-corrected chi connectivity index (χ0v) is 6.15. The summed E-state index contributed by atoms with van der Waals surface area (Å²) in [6.07, 6.45) is 3.36. The summed E-state index contributed by atoms with van der Waals surface area (Å²) in [6, 6.07) is 0. The number of rotatable bonds is 2. The second-order valence-electron chi connectivity index (χ2n) is 2.04. The number of aromatic nitrogens is 2. The molecule has 11 heavy (non-hydrogen) atoms. The molecule has 1 aromatic rings. The van der Waals surface area contributed by atoms with E-state index < -0.39 is 0 Å². The molecule has 1 N–H and O–H groups in total. The van der Waals surface area contributed by atoms with Crippen LogP contribution in [-0.2, 0) is 6.54 Å². The molecule has 0 aliphatic heterocycles. The van der Waals surface area contributed by atoms with E-state index in [-0.39, 0.29) is 0 Å². The highest BCUT2D eigenvalue weighted by Crippen LogP contribution is 1.95. The molecule has 0 bridgehead atoms. The fourth-order valence-electron chi connectivity index (χ4n) is 0.618. The summed E-state index contributed by atoms with van der Waals surface area (Å²) in [5.41, 5.74) is 7.28. The molecule has 5 nitrogen and oxygen atoms in total. The maximum absolute atomic E-state index is 6.41. The third kappa shape index (κ3) is 2.23. The first-order valence-corrected chi connectivity index (χ1v) is 3.13. The van der Waals surface area contributed by atoms with Crippen molar-refractivity contribution in [2.45, 2.75) is 13.5 Å². The molecule has 1 heterocycles. The summed E-state index contributed by atoms with van der Waals surface area (Å²) in [5.74, 6) is 0.733. The van der Waals surface area contributed by atoms with Crippen molar-refractivity contribution in [3.63, 3.8) is 0 Å². The molecule has 0 amide bonds. The topological polar surface area (TPSA) is 76.1 Å². The molecule has 1 rings (SSSR count). The molecule has 0 unspecified atom stereocenters. The average molecular weight is 150 g/mol. The van der Waals surface area contributed by atoms with Gasteiger partial charge in [0.1, 0.15) is 16.5 Å². The van der Waals surface area contributed by atoms with E-state index in [9.17, 15) is 0 Å². The van der Waals surface area contributed by atoms with Gasteiger partial charge in [0.2, 0.25) is 4.91 Å². The lowest BCUT2D eigenvalue weighted by Crippen LogP contribution is -1.89. The largest absolute Gasteiger partial charge is 0.241 e. The zero-order valence-electron chi connectivity index (χ0n) is 6.15. The quantitative estimate of drug-likeness (QED) is 0.500. The van der Waals surface area contributed by atoms with Crippen LogP contribution in [0.2, 0.25) is 0 Å².